The zero-order valence-electron chi connectivity index (χ0n) is 11.8. The van der Waals surface area contributed by atoms with Crippen molar-refractivity contribution in [2.75, 3.05) is 19.6 Å². The van der Waals surface area contributed by atoms with Gasteiger partial charge in [-0.2, -0.15) is 0 Å². The number of hydrogen-bond acceptors (Lipinski definition) is 2. The van der Waals surface area contributed by atoms with E-state index in [0.717, 1.165) is 18.8 Å². The van der Waals surface area contributed by atoms with Gasteiger partial charge in [0, 0.05) is 13.2 Å². The Kier molecular flexibility index (Phi) is 3.91. The van der Waals surface area contributed by atoms with Crippen LogP contribution >= 0.6 is 0 Å². The van der Waals surface area contributed by atoms with Gasteiger partial charge in [0.15, 0.2) is 5.78 Å². The zero-order chi connectivity index (χ0) is 13.2. The van der Waals surface area contributed by atoms with E-state index >= 15 is 0 Å². The molecule has 1 saturated heterocycles. The van der Waals surface area contributed by atoms with Crippen molar-refractivity contribution in [2.24, 2.45) is 12.5 Å². The molecule has 0 bridgehead atoms. The molecule has 0 radical (unpaired) electrons. The van der Waals surface area contributed by atoms with Crippen molar-refractivity contribution in [1.29, 1.82) is 0 Å². The van der Waals surface area contributed by atoms with Gasteiger partial charge in [0.25, 0.3) is 0 Å². The highest BCUT2D eigenvalue weighted by Crippen LogP contribution is 2.29. The summed E-state index contributed by atoms with van der Waals surface area (Å²) >= 11 is 0. The second-order valence-corrected chi connectivity index (χ2v) is 6.22. The van der Waals surface area contributed by atoms with Crippen molar-refractivity contribution in [2.45, 2.75) is 33.1 Å². The van der Waals surface area contributed by atoms with Crippen molar-refractivity contribution in [1.82, 2.24) is 9.47 Å². The van der Waals surface area contributed by atoms with Crippen molar-refractivity contribution < 1.29 is 4.79 Å². The van der Waals surface area contributed by atoms with Crippen molar-refractivity contribution >= 4 is 5.78 Å². The molecule has 0 spiro atoms. The molecule has 0 aromatic carbocycles. The Hall–Kier alpha value is -1.09. The molecule has 0 atom stereocenters. The van der Waals surface area contributed by atoms with Crippen LogP contribution in [-0.4, -0.2) is 34.9 Å². The molecule has 18 heavy (non-hydrogen) atoms. The zero-order valence-corrected chi connectivity index (χ0v) is 11.8. The van der Waals surface area contributed by atoms with Gasteiger partial charge in [-0.3, -0.25) is 9.69 Å². The minimum Gasteiger partial charge on any atom is -0.348 e. The second kappa shape index (κ2) is 5.27. The smallest absolute Gasteiger partial charge is 0.193 e. The first kappa shape index (κ1) is 13.3. The van der Waals surface area contributed by atoms with Crippen LogP contribution < -0.4 is 0 Å². The highest BCUT2D eigenvalue weighted by molar-refractivity contribution is 5.96. The number of likely N-dealkylation sites (tertiary alicyclic amines) is 1. The quantitative estimate of drug-likeness (QED) is 0.768. The Morgan fingerprint density at radius 1 is 1.33 bits per heavy atom. The maximum Gasteiger partial charge on any atom is 0.193 e. The van der Waals surface area contributed by atoms with Gasteiger partial charge >= 0.3 is 0 Å². The summed E-state index contributed by atoms with van der Waals surface area (Å²) < 4.78 is 1.91. The van der Waals surface area contributed by atoms with Crippen LogP contribution in [0.2, 0.25) is 0 Å². The Bertz CT molecular complexity index is 420. The summed E-state index contributed by atoms with van der Waals surface area (Å²) in [5.41, 5.74) is 1.25. The van der Waals surface area contributed by atoms with E-state index in [1.165, 1.54) is 19.3 Å². The Morgan fingerprint density at radius 2 is 2.11 bits per heavy atom. The van der Waals surface area contributed by atoms with E-state index in [1.807, 2.05) is 29.9 Å². The lowest BCUT2D eigenvalue weighted by molar-refractivity contribution is 0.0922. The third-order valence-electron chi connectivity index (χ3n) is 4.03. The summed E-state index contributed by atoms with van der Waals surface area (Å²) in [7, 11) is 1.93. The number of aromatic nitrogens is 1. The number of rotatable bonds is 3. The maximum absolute atomic E-state index is 12.2. The molecule has 0 saturated carbocycles. The van der Waals surface area contributed by atoms with E-state index in [1.54, 1.807) is 0 Å². The van der Waals surface area contributed by atoms with Gasteiger partial charge in [-0.15, -0.1) is 0 Å². The van der Waals surface area contributed by atoms with Crippen LogP contribution in [0.15, 0.2) is 18.3 Å². The van der Waals surface area contributed by atoms with Crippen LogP contribution in [0.4, 0.5) is 0 Å². The fourth-order valence-corrected chi connectivity index (χ4v) is 2.67. The molecule has 2 heterocycles. The largest absolute Gasteiger partial charge is 0.348 e. The van der Waals surface area contributed by atoms with Gasteiger partial charge < -0.3 is 4.57 Å². The Labute approximate surface area is 110 Å². The fraction of sp³-hybridized carbons (Fsp3) is 0.667. The molecule has 0 unspecified atom stereocenters. The lowest BCUT2D eigenvalue weighted by atomic mass is 9.85. The normalized spacial score (nSPS) is 20.6. The standard InChI is InChI=1S/C15H24N2O/c1-15(2)7-5-10-17(11-8-15)12-14(18)13-6-4-9-16(13)3/h4,6,9H,5,7-8,10-12H2,1-3H3. The van der Waals surface area contributed by atoms with E-state index < -0.39 is 0 Å². The number of Topliss-reactive ketones (excluding diaryl/α,β-unsaturated/α-hetero) is 1. The number of ketones is 1. The van der Waals surface area contributed by atoms with Crippen LogP contribution in [0, 0.1) is 5.41 Å². The summed E-state index contributed by atoms with van der Waals surface area (Å²) in [5.74, 6) is 0.238. The first-order valence-corrected chi connectivity index (χ1v) is 6.85. The molecule has 2 rings (SSSR count). The SMILES string of the molecule is Cn1cccc1C(=O)CN1CCCC(C)(C)CC1. The Balaban J connectivity index is 1.94. The van der Waals surface area contributed by atoms with Gasteiger partial charge in [-0.25, -0.2) is 0 Å². The molecule has 3 heteroatoms. The van der Waals surface area contributed by atoms with Crippen LogP contribution in [0.25, 0.3) is 0 Å². The average Bonchev–Trinajstić information content (AvgIpc) is 2.64. The van der Waals surface area contributed by atoms with Crippen LogP contribution in [0.5, 0.6) is 0 Å². The number of carbonyl (C=O) groups is 1. The van der Waals surface area contributed by atoms with E-state index in [2.05, 4.69) is 18.7 Å². The molecule has 1 aromatic rings. The van der Waals surface area contributed by atoms with Crippen LogP contribution in [0.1, 0.15) is 43.6 Å². The van der Waals surface area contributed by atoms with Crippen LogP contribution in [0.3, 0.4) is 0 Å². The average molecular weight is 248 g/mol. The second-order valence-electron chi connectivity index (χ2n) is 6.22. The fourth-order valence-electron chi connectivity index (χ4n) is 2.67. The van der Waals surface area contributed by atoms with Crippen molar-refractivity contribution in [3.63, 3.8) is 0 Å². The monoisotopic (exact) mass is 248 g/mol. The van der Waals surface area contributed by atoms with E-state index in [9.17, 15) is 4.79 Å². The number of aryl methyl sites for hydroxylation is 1. The van der Waals surface area contributed by atoms with Gasteiger partial charge in [0.1, 0.15) is 0 Å². The molecular formula is C15H24N2O. The lowest BCUT2D eigenvalue weighted by Gasteiger charge is -2.22. The molecule has 0 aliphatic carbocycles. The molecule has 1 aliphatic heterocycles. The topological polar surface area (TPSA) is 25.2 Å². The van der Waals surface area contributed by atoms with E-state index in [-0.39, 0.29) is 5.78 Å². The third-order valence-corrected chi connectivity index (χ3v) is 4.03. The number of carbonyl (C=O) groups excluding carboxylic acids is 1. The molecule has 1 aromatic heterocycles. The van der Waals surface area contributed by atoms with E-state index in [4.69, 9.17) is 0 Å². The molecule has 0 amide bonds. The third kappa shape index (κ3) is 3.22. The van der Waals surface area contributed by atoms with Crippen molar-refractivity contribution in [3.05, 3.63) is 24.0 Å². The van der Waals surface area contributed by atoms with E-state index in [0.29, 0.717) is 12.0 Å². The predicted octanol–water partition coefficient (Wildman–Crippen LogP) is 2.72. The van der Waals surface area contributed by atoms with Gasteiger partial charge in [-0.05, 0) is 49.9 Å². The first-order chi connectivity index (χ1) is 8.48. The highest BCUT2D eigenvalue weighted by Gasteiger charge is 2.24. The van der Waals surface area contributed by atoms with Gasteiger partial charge in [0.2, 0.25) is 0 Å². The highest BCUT2D eigenvalue weighted by atomic mass is 16.1. The summed E-state index contributed by atoms with van der Waals surface area (Å²) in [6, 6.07) is 3.84. The van der Waals surface area contributed by atoms with Gasteiger partial charge in [0.05, 0.1) is 12.2 Å². The molecule has 1 aliphatic rings. The first-order valence-electron chi connectivity index (χ1n) is 6.85. The maximum atomic E-state index is 12.2. The number of nitrogens with zero attached hydrogens (tertiary/aromatic N) is 2. The summed E-state index contributed by atoms with van der Waals surface area (Å²) in [6.45, 7) is 7.32. The summed E-state index contributed by atoms with van der Waals surface area (Å²) in [6.07, 6.45) is 5.58. The molecule has 0 N–H and O–H groups in total. The molecule has 100 valence electrons. The minimum atomic E-state index is 0.238. The lowest BCUT2D eigenvalue weighted by Crippen LogP contribution is -2.32. The van der Waals surface area contributed by atoms with Crippen LogP contribution in [-0.2, 0) is 7.05 Å². The minimum absolute atomic E-state index is 0.238. The van der Waals surface area contributed by atoms with Crippen molar-refractivity contribution in [3.8, 4) is 0 Å². The van der Waals surface area contributed by atoms with Gasteiger partial charge in [-0.1, -0.05) is 13.8 Å². The number of hydrogen-bond donors (Lipinski definition) is 0. The Morgan fingerprint density at radius 3 is 2.78 bits per heavy atom. The molecular weight excluding hydrogens is 224 g/mol. The predicted molar refractivity (Wildman–Crippen MR) is 73.8 cm³/mol. The molecule has 1 fully saturated rings. The summed E-state index contributed by atoms with van der Waals surface area (Å²) in [4.78, 5) is 14.5. The molecule has 3 nitrogen and oxygen atoms in total. The summed E-state index contributed by atoms with van der Waals surface area (Å²) in [5, 5.41) is 0.